The Balaban J connectivity index is 1.38. The van der Waals surface area contributed by atoms with Crippen LogP contribution in [0.2, 0.25) is 0 Å². The Labute approximate surface area is 204 Å². The van der Waals surface area contributed by atoms with Crippen molar-refractivity contribution in [2.45, 2.75) is 46.0 Å². The number of nitrogens with two attached hydrogens (primary N) is 1. The molecule has 35 heavy (non-hydrogen) atoms. The van der Waals surface area contributed by atoms with Crippen molar-refractivity contribution in [1.82, 2.24) is 14.6 Å². The van der Waals surface area contributed by atoms with Gasteiger partial charge in [0, 0.05) is 41.8 Å². The zero-order chi connectivity index (χ0) is 24.5. The zero-order valence-electron chi connectivity index (χ0n) is 20.2. The quantitative estimate of drug-likeness (QED) is 0.440. The Morgan fingerprint density at radius 3 is 2.60 bits per heavy atom. The minimum Gasteiger partial charge on any atom is -0.370 e. The number of amides is 2. The third kappa shape index (κ3) is 4.43. The van der Waals surface area contributed by atoms with Gasteiger partial charge in [0.1, 0.15) is 0 Å². The van der Waals surface area contributed by atoms with Gasteiger partial charge in [-0.2, -0.15) is 5.10 Å². The molecule has 0 radical (unpaired) electrons. The summed E-state index contributed by atoms with van der Waals surface area (Å²) in [6, 6.07) is 13.2. The van der Waals surface area contributed by atoms with E-state index in [0.29, 0.717) is 17.7 Å². The second-order valence-corrected chi connectivity index (χ2v) is 9.21. The number of rotatable bonds is 6. The number of aryl methyl sites for hydroxylation is 2. The summed E-state index contributed by atoms with van der Waals surface area (Å²) in [7, 11) is 0. The molecule has 2 amide bonds. The van der Waals surface area contributed by atoms with Gasteiger partial charge in [-0.25, -0.2) is 9.50 Å². The number of carbonyl (C=O) groups excluding carboxylic acids is 2. The molecule has 8 heteroatoms. The molecule has 1 aliphatic rings. The lowest BCUT2D eigenvalue weighted by Gasteiger charge is -2.30. The monoisotopic (exact) mass is 470 g/mol. The van der Waals surface area contributed by atoms with Crippen LogP contribution in [0, 0.1) is 13.8 Å². The van der Waals surface area contributed by atoms with Gasteiger partial charge < -0.3 is 16.0 Å². The smallest absolute Gasteiger partial charge is 0.248 e. The first-order valence-electron chi connectivity index (χ1n) is 12.1. The van der Waals surface area contributed by atoms with Crippen molar-refractivity contribution >= 4 is 39.7 Å². The van der Waals surface area contributed by atoms with E-state index in [1.54, 1.807) is 12.1 Å². The zero-order valence-corrected chi connectivity index (χ0v) is 20.2. The summed E-state index contributed by atoms with van der Waals surface area (Å²) in [6.07, 6.45) is 4.26. The number of hydrogen-bond acceptors (Lipinski definition) is 5. The van der Waals surface area contributed by atoms with Crippen LogP contribution in [0.25, 0.3) is 16.6 Å². The third-order valence-electron chi connectivity index (χ3n) is 6.87. The summed E-state index contributed by atoms with van der Waals surface area (Å²) < 4.78 is 1.87. The van der Waals surface area contributed by atoms with E-state index in [1.807, 2.05) is 48.7 Å². The van der Waals surface area contributed by atoms with E-state index in [2.05, 4.69) is 10.2 Å². The number of nitrogens with zero attached hydrogens (tertiary/aromatic N) is 4. The summed E-state index contributed by atoms with van der Waals surface area (Å²) in [5.41, 5.74) is 12.1. The number of aromatic nitrogens is 3. The summed E-state index contributed by atoms with van der Waals surface area (Å²) in [4.78, 5) is 31.9. The van der Waals surface area contributed by atoms with Crippen LogP contribution in [0.5, 0.6) is 0 Å². The number of nitrogens with one attached hydrogen (secondary N) is 1. The highest BCUT2D eigenvalue weighted by molar-refractivity contribution is 5.99. The number of hydrogen-bond donors (Lipinski definition) is 2. The van der Waals surface area contributed by atoms with Crippen LogP contribution in [0.15, 0.2) is 42.5 Å². The molecule has 5 rings (SSSR count). The molecule has 2 aromatic heterocycles. The maximum Gasteiger partial charge on any atom is 0.248 e. The number of anilines is 2. The molecule has 3 heterocycles. The van der Waals surface area contributed by atoms with Crippen LogP contribution in [-0.2, 0) is 11.2 Å². The molecule has 0 spiro atoms. The van der Waals surface area contributed by atoms with Crippen LogP contribution in [0.4, 0.5) is 11.4 Å². The average molecular weight is 471 g/mol. The van der Waals surface area contributed by atoms with Crippen LogP contribution < -0.4 is 16.0 Å². The summed E-state index contributed by atoms with van der Waals surface area (Å²) in [6.45, 7) is 5.86. The fraction of sp³-hybridized carbons (Fsp3) is 0.333. The number of carbonyl (C=O) groups is 2. The molecular weight excluding hydrogens is 440 g/mol. The van der Waals surface area contributed by atoms with Gasteiger partial charge in [-0.05, 0) is 75.4 Å². The summed E-state index contributed by atoms with van der Waals surface area (Å²) in [5, 5.41) is 8.76. The molecule has 0 bridgehead atoms. The number of piperidine rings is 1. The van der Waals surface area contributed by atoms with Crippen molar-refractivity contribution in [2.75, 3.05) is 23.3 Å². The minimum absolute atomic E-state index is 0.116. The van der Waals surface area contributed by atoms with E-state index in [9.17, 15) is 9.59 Å². The lowest BCUT2D eigenvalue weighted by atomic mass is 10.1. The fourth-order valence-corrected chi connectivity index (χ4v) is 4.99. The van der Waals surface area contributed by atoms with E-state index in [1.165, 1.54) is 6.42 Å². The lowest BCUT2D eigenvalue weighted by molar-refractivity contribution is -0.116. The van der Waals surface area contributed by atoms with Crippen molar-refractivity contribution in [2.24, 2.45) is 5.73 Å². The predicted molar refractivity (Wildman–Crippen MR) is 138 cm³/mol. The molecule has 4 aromatic rings. The normalized spacial score (nSPS) is 13.9. The second-order valence-electron chi connectivity index (χ2n) is 9.21. The summed E-state index contributed by atoms with van der Waals surface area (Å²) >= 11 is 0. The van der Waals surface area contributed by atoms with Crippen LogP contribution in [-0.4, -0.2) is 39.5 Å². The molecule has 8 nitrogen and oxygen atoms in total. The third-order valence-corrected chi connectivity index (χ3v) is 6.87. The Morgan fingerprint density at radius 1 is 1.06 bits per heavy atom. The predicted octanol–water partition coefficient (Wildman–Crippen LogP) is 4.16. The van der Waals surface area contributed by atoms with E-state index in [0.717, 1.165) is 65.1 Å². The molecule has 2 aromatic carbocycles. The Kier molecular flexibility index (Phi) is 6.11. The van der Waals surface area contributed by atoms with E-state index in [4.69, 9.17) is 15.8 Å². The van der Waals surface area contributed by atoms with Crippen molar-refractivity contribution in [3.8, 4) is 0 Å². The molecule has 3 N–H and O–H groups in total. The van der Waals surface area contributed by atoms with Crippen molar-refractivity contribution in [3.63, 3.8) is 0 Å². The number of benzene rings is 2. The fourth-order valence-electron chi connectivity index (χ4n) is 4.99. The van der Waals surface area contributed by atoms with E-state index < -0.39 is 5.91 Å². The topological polar surface area (TPSA) is 106 Å². The maximum atomic E-state index is 13.0. The molecule has 0 saturated carbocycles. The Bertz CT molecular complexity index is 1430. The van der Waals surface area contributed by atoms with Crippen molar-refractivity contribution in [3.05, 3.63) is 65.0 Å². The highest BCUT2D eigenvalue weighted by Crippen LogP contribution is 2.30. The second kappa shape index (κ2) is 9.37. The first kappa shape index (κ1) is 22.8. The lowest BCUT2D eigenvalue weighted by Crippen LogP contribution is -2.30. The van der Waals surface area contributed by atoms with Gasteiger partial charge in [-0.3, -0.25) is 9.59 Å². The molecule has 1 fully saturated rings. The SMILES string of the molecule is Cc1nc2c3ccccc3nn2c(C)c1CCC(=O)Nc1cc(C(N)=O)ccc1N1CCCCC1. The molecule has 180 valence electrons. The average Bonchev–Trinajstić information content (AvgIpc) is 3.23. The maximum absolute atomic E-state index is 13.0. The van der Waals surface area contributed by atoms with Gasteiger partial charge in [-0.1, -0.05) is 12.1 Å². The molecular formula is C27H30N6O2. The molecule has 0 atom stereocenters. The van der Waals surface area contributed by atoms with Crippen molar-refractivity contribution < 1.29 is 9.59 Å². The van der Waals surface area contributed by atoms with Gasteiger partial charge in [0.15, 0.2) is 5.65 Å². The Hall–Kier alpha value is -3.94. The standard InChI is InChI=1S/C27H30N6O2/c1-17-20(18(2)33-27(29-17)21-8-4-5-9-22(21)31-33)11-13-25(34)30-23-16-19(26(28)35)10-12-24(23)32-14-6-3-7-15-32/h4-5,8-10,12,16H,3,6-7,11,13-15H2,1-2H3,(H2,28,35)(H,30,34). The number of fused-ring (bicyclic) bond motifs is 3. The molecule has 1 aliphatic heterocycles. The Morgan fingerprint density at radius 2 is 1.83 bits per heavy atom. The van der Waals surface area contributed by atoms with Crippen LogP contribution in [0.1, 0.15) is 53.0 Å². The van der Waals surface area contributed by atoms with Gasteiger partial charge in [0.05, 0.1) is 16.9 Å². The minimum atomic E-state index is -0.511. The molecule has 0 aliphatic carbocycles. The number of primary amides is 1. The van der Waals surface area contributed by atoms with Gasteiger partial charge in [-0.15, -0.1) is 0 Å². The largest absolute Gasteiger partial charge is 0.370 e. The van der Waals surface area contributed by atoms with E-state index >= 15 is 0 Å². The molecule has 0 unspecified atom stereocenters. The van der Waals surface area contributed by atoms with Crippen LogP contribution >= 0.6 is 0 Å². The molecule has 1 saturated heterocycles. The summed E-state index contributed by atoms with van der Waals surface area (Å²) in [5.74, 6) is -0.627. The van der Waals surface area contributed by atoms with Crippen LogP contribution in [0.3, 0.4) is 0 Å². The first-order chi connectivity index (χ1) is 16.9. The van der Waals surface area contributed by atoms with Gasteiger partial charge in [0.2, 0.25) is 11.8 Å². The first-order valence-corrected chi connectivity index (χ1v) is 12.1. The van der Waals surface area contributed by atoms with Gasteiger partial charge >= 0.3 is 0 Å². The van der Waals surface area contributed by atoms with Gasteiger partial charge in [0.25, 0.3) is 0 Å². The van der Waals surface area contributed by atoms with E-state index in [-0.39, 0.29) is 12.3 Å². The van der Waals surface area contributed by atoms with Crippen molar-refractivity contribution in [1.29, 1.82) is 0 Å². The highest BCUT2D eigenvalue weighted by Gasteiger charge is 2.19. The highest BCUT2D eigenvalue weighted by atomic mass is 16.2.